The van der Waals surface area contributed by atoms with Crippen molar-refractivity contribution < 1.29 is 4.42 Å². The lowest BCUT2D eigenvalue weighted by Gasteiger charge is -2.05. The molecule has 0 atom stereocenters. The van der Waals surface area contributed by atoms with Crippen molar-refractivity contribution in [3.8, 4) is 22.8 Å². The molecule has 0 aliphatic heterocycles. The van der Waals surface area contributed by atoms with E-state index in [4.69, 9.17) is 4.42 Å². The fourth-order valence-electron chi connectivity index (χ4n) is 1.98. The molecule has 3 rings (SSSR count). The van der Waals surface area contributed by atoms with Crippen LogP contribution in [0.2, 0.25) is 0 Å². The number of aromatic nitrogens is 4. The van der Waals surface area contributed by atoms with Gasteiger partial charge in [-0.1, -0.05) is 0 Å². The Morgan fingerprint density at radius 1 is 1.30 bits per heavy atom. The van der Waals surface area contributed by atoms with Gasteiger partial charge in [-0.3, -0.25) is 4.68 Å². The summed E-state index contributed by atoms with van der Waals surface area (Å²) in [5.74, 6) is 2.00. The van der Waals surface area contributed by atoms with Crippen LogP contribution in [0.25, 0.3) is 22.8 Å². The van der Waals surface area contributed by atoms with E-state index in [0.29, 0.717) is 11.6 Å². The number of aryl methyl sites for hydroxylation is 2. The molecule has 3 aromatic heterocycles. The van der Waals surface area contributed by atoms with E-state index in [2.05, 4.69) is 20.4 Å². The third-order valence-corrected chi connectivity index (χ3v) is 3.05. The molecule has 0 radical (unpaired) electrons. The fourth-order valence-corrected chi connectivity index (χ4v) is 1.98. The van der Waals surface area contributed by atoms with Crippen molar-refractivity contribution in [2.24, 2.45) is 7.05 Å². The molecule has 0 bridgehead atoms. The van der Waals surface area contributed by atoms with Gasteiger partial charge in [-0.05, 0) is 18.6 Å². The normalized spacial score (nSPS) is 10.8. The molecule has 0 aliphatic carbocycles. The first kappa shape index (κ1) is 12.4. The number of anilines is 1. The Morgan fingerprint density at radius 2 is 2.15 bits per heavy atom. The summed E-state index contributed by atoms with van der Waals surface area (Å²) in [5, 5.41) is 7.22. The van der Waals surface area contributed by atoms with Crippen LogP contribution in [0.1, 0.15) is 5.56 Å². The Bertz CT molecular complexity index is 744. The summed E-state index contributed by atoms with van der Waals surface area (Å²) >= 11 is 0. The summed E-state index contributed by atoms with van der Waals surface area (Å²) in [6.45, 7) is 1.97. The molecule has 0 aromatic carbocycles. The van der Waals surface area contributed by atoms with E-state index in [1.165, 1.54) is 0 Å². The molecule has 3 aromatic rings. The first-order chi connectivity index (χ1) is 9.67. The molecule has 0 saturated heterocycles. The van der Waals surface area contributed by atoms with E-state index < -0.39 is 0 Å². The van der Waals surface area contributed by atoms with Crippen LogP contribution in [0.15, 0.2) is 35.2 Å². The number of nitrogens with zero attached hydrogens (tertiary/aromatic N) is 4. The third-order valence-electron chi connectivity index (χ3n) is 3.05. The highest BCUT2D eigenvalue weighted by molar-refractivity contribution is 5.65. The van der Waals surface area contributed by atoms with Gasteiger partial charge in [0, 0.05) is 31.9 Å². The molecule has 0 amide bonds. The highest BCUT2D eigenvalue weighted by atomic mass is 16.3. The Morgan fingerprint density at radius 3 is 2.75 bits per heavy atom. The van der Waals surface area contributed by atoms with Crippen LogP contribution in [-0.2, 0) is 7.05 Å². The first-order valence-corrected chi connectivity index (χ1v) is 6.27. The van der Waals surface area contributed by atoms with E-state index in [9.17, 15) is 0 Å². The van der Waals surface area contributed by atoms with Crippen molar-refractivity contribution in [2.75, 3.05) is 12.4 Å². The van der Waals surface area contributed by atoms with E-state index >= 15 is 0 Å². The minimum absolute atomic E-state index is 0.568. The zero-order valence-electron chi connectivity index (χ0n) is 11.6. The summed E-state index contributed by atoms with van der Waals surface area (Å²) in [7, 11) is 3.70. The number of furan rings is 1. The van der Waals surface area contributed by atoms with Crippen molar-refractivity contribution in [1.82, 2.24) is 19.7 Å². The van der Waals surface area contributed by atoms with Crippen LogP contribution >= 0.6 is 0 Å². The Balaban J connectivity index is 2.15. The standard InChI is InChI=1S/C14H15N5O/c1-9-4-5-20-13(9)14-17-11(6-12(15-2)18-14)10-7-16-19(3)8-10/h4-8H,1-3H3,(H,15,17,18). The van der Waals surface area contributed by atoms with Crippen LogP contribution in [-0.4, -0.2) is 26.8 Å². The minimum atomic E-state index is 0.568. The monoisotopic (exact) mass is 269 g/mol. The van der Waals surface area contributed by atoms with Gasteiger partial charge in [0.2, 0.25) is 0 Å². The number of rotatable bonds is 3. The first-order valence-electron chi connectivity index (χ1n) is 6.27. The van der Waals surface area contributed by atoms with Gasteiger partial charge < -0.3 is 9.73 Å². The Labute approximate surface area is 116 Å². The van der Waals surface area contributed by atoms with Crippen LogP contribution < -0.4 is 5.32 Å². The summed E-state index contributed by atoms with van der Waals surface area (Å²) in [5.41, 5.74) is 2.76. The van der Waals surface area contributed by atoms with Gasteiger partial charge >= 0.3 is 0 Å². The number of hydrogen-bond acceptors (Lipinski definition) is 5. The molecule has 3 heterocycles. The lowest BCUT2D eigenvalue weighted by Crippen LogP contribution is -1.98. The zero-order valence-corrected chi connectivity index (χ0v) is 11.6. The van der Waals surface area contributed by atoms with Gasteiger partial charge in [0.05, 0.1) is 18.2 Å². The average molecular weight is 269 g/mol. The summed E-state index contributed by atoms with van der Waals surface area (Å²) in [4.78, 5) is 9.01. The van der Waals surface area contributed by atoms with Crippen molar-refractivity contribution in [1.29, 1.82) is 0 Å². The van der Waals surface area contributed by atoms with Crippen molar-refractivity contribution in [3.05, 3.63) is 36.4 Å². The van der Waals surface area contributed by atoms with Gasteiger partial charge in [-0.15, -0.1) is 0 Å². The maximum absolute atomic E-state index is 5.47. The van der Waals surface area contributed by atoms with E-state index in [1.807, 2.05) is 39.3 Å². The van der Waals surface area contributed by atoms with Crippen LogP contribution in [0, 0.1) is 6.92 Å². The lowest BCUT2D eigenvalue weighted by molar-refractivity contribution is 0.576. The lowest BCUT2D eigenvalue weighted by atomic mass is 10.2. The molecule has 102 valence electrons. The van der Waals surface area contributed by atoms with Crippen molar-refractivity contribution in [2.45, 2.75) is 6.92 Å². The highest BCUT2D eigenvalue weighted by Crippen LogP contribution is 2.26. The molecular formula is C14H15N5O. The van der Waals surface area contributed by atoms with Gasteiger partial charge in [-0.25, -0.2) is 9.97 Å². The third kappa shape index (κ3) is 2.16. The predicted octanol–water partition coefficient (Wildman–Crippen LogP) is 2.49. The quantitative estimate of drug-likeness (QED) is 0.791. The smallest absolute Gasteiger partial charge is 0.198 e. The predicted molar refractivity (Wildman–Crippen MR) is 76.2 cm³/mol. The second-order valence-electron chi connectivity index (χ2n) is 4.55. The van der Waals surface area contributed by atoms with Gasteiger partial charge in [0.1, 0.15) is 5.82 Å². The second kappa shape index (κ2) is 4.80. The maximum atomic E-state index is 5.47. The molecule has 0 fully saturated rings. The SMILES string of the molecule is CNc1cc(-c2cnn(C)c2)nc(-c2occc2C)n1. The summed E-state index contributed by atoms with van der Waals surface area (Å²) in [6.07, 6.45) is 5.34. The molecule has 0 saturated carbocycles. The molecule has 20 heavy (non-hydrogen) atoms. The Kier molecular flexibility index (Phi) is 2.98. The maximum Gasteiger partial charge on any atom is 0.198 e. The fraction of sp³-hybridized carbons (Fsp3) is 0.214. The largest absolute Gasteiger partial charge is 0.461 e. The minimum Gasteiger partial charge on any atom is -0.461 e. The molecule has 6 heteroatoms. The molecule has 0 aliphatic rings. The van der Waals surface area contributed by atoms with E-state index in [1.54, 1.807) is 17.1 Å². The summed E-state index contributed by atoms with van der Waals surface area (Å²) in [6, 6.07) is 3.78. The molecule has 0 spiro atoms. The molecule has 1 N–H and O–H groups in total. The van der Waals surface area contributed by atoms with Gasteiger partial charge in [-0.2, -0.15) is 5.10 Å². The van der Waals surface area contributed by atoms with Gasteiger partial charge in [0.25, 0.3) is 0 Å². The number of hydrogen-bond donors (Lipinski definition) is 1. The topological polar surface area (TPSA) is 68.8 Å². The second-order valence-corrected chi connectivity index (χ2v) is 4.55. The van der Waals surface area contributed by atoms with Gasteiger partial charge in [0.15, 0.2) is 11.6 Å². The highest BCUT2D eigenvalue weighted by Gasteiger charge is 2.13. The van der Waals surface area contributed by atoms with Crippen LogP contribution in [0.4, 0.5) is 5.82 Å². The zero-order chi connectivity index (χ0) is 14.1. The van der Waals surface area contributed by atoms with E-state index in [0.717, 1.165) is 22.6 Å². The van der Waals surface area contributed by atoms with Crippen molar-refractivity contribution >= 4 is 5.82 Å². The average Bonchev–Trinajstić information content (AvgIpc) is 3.07. The van der Waals surface area contributed by atoms with Crippen molar-refractivity contribution in [3.63, 3.8) is 0 Å². The summed E-state index contributed by atoms with van der Waals surface area (Å²) < 4.78 is 7.22. The van der Waals surface area contributed by atoms with Crippen LogP contribution in [0.3, 0.4) is 0 Å². The Hall–Kier alpha value is -2.63. The molecule has 6 nitrogen and oxygen atoms in total. The van der Waals surface area contributed by atoms with E-state index in [-0.39, 0.29) is 0 Å². The number of nitrogens with one attached hydrogen (secondary N) is 1. The molecule has 0 unspecified atom stereocenters. The molecular weight excluding hydrogens is 254 g/mol. The van der Waals surface area contributed by atoms with Crippen LogP contribution in [0.5, 0.6) is 0 Å².